The second-order valence-electron chi connectivity index (χ2n) is 7.03. The molecule has 134 valence electrons. The molecule has 2 heterocycles. The maximum absolute atomic E-state index is 13.1. The van der Waals surface area contributed by atoms with Gasteiger partial charge in [0.25, 0.3) is 11.2 Å². The van der Waals surface area contributed by atoms with Crippen LogP contribution >= 0.6 is 11.3 Å². The summed E-state index contributed by atoms with van der Waals surface area (Å²) in [5.74, 6) is 0.644. The number of nitro benzene ring substituents is 1. The van der Waals surface area contributed by atoms with Crippen LogP contribution in [0.25, 0.3) is 10.2 Å². The molecule has 7 heteroatoms. The molecule has 0 saturated carbocycles. The van der Waals surface area contributed by atoms with E-state index in [0.717, 1.165) is 40.6 Å². The standard InChI is InChI=1S/C19H19N3O3S/c1-11-6-7-14-16(8-11)26-18-17(14)19(23)21(10-20-18)9-13-4-3-5-15(12(13)2)22(24)25/h3-5,10-11H,6-9H2,1-2H3/t11-/m0/s1. The van der Waals surface area contributed by atoms with Crippen molar-refractivity contribution in [1.29, 1.82) is 0 Å². The average molecular weight is 369 g/mol. The van der Waals surface area contributed by atoms with Crippen molar-refractivity contribution in [3.8, 4) is 0 Å². The Hall–Kier alpha value is -2.54. The highest BCUT2D eigenvalue weighted by Gasteiger charge is 2.23. The average Bonchev–Trinajstić information content (AvgIpc) is 2.96. The first-order valence-electron chi connectivity index (χ1n) is 8.68. The number of fused-ring (bicyclic) bond motifs is 3. The topological polar surface area (TPSA) is 78.0 Å². The summed E-state index contributed by atoms with van der Waals surface area (Å²) < 4.78 is 1.57. The molecule has 1 aromatic carbocycles. The summed E-state index contributed by atoms with van der Waals surface area (Å²) >= 11 is 1.63. The molecule has 6 nitrogen and oxygen atoms in total. The van der Waals surface area contributed by atoms with Gasteiger partial charge >= 0.3 is 0 Å². The van der Waals surface area contributed by atoms with Gasteiger partial charge in [0.15, 0.2) is 0 Å². The number of aryl methyl sites for hydroxylation is 1. The maximum Gasteiger partial charge on any atom is 0.272 e. The van der Waals surface area contributed by atoms with Gasteiger partial charge in [0.1, 0.15) is 4.83 Å². The molecule has 0 amide bonds. The Labute approximate surface area is 154 Å². The molecule has 0 saturated heterocycles. The zero-order valence-corrected chi connectivity index (χ0v) is 15.5. The van der Waals surface area contributed by atoms with Gasteiger partial charge in [-0.3, -0.25) is 19.5 Å². The van der Waals surface area contributed by atoms with E-state index in [1.807, 2.05) is 6.07 Å². The minimum Gasteiger partial charge on any atom is -0.294 e. The minimum absolute atomic E-state index is 0.0482. The van der Waals surface area contributed by atoms with Gasteiger partial charge in [-0.2, -0.15) is 0 Å². The molecule has 26 heavy (non-hydrogen) atoms. The van der Waals surface area contributed by atoms with E-state index in [1.54, 1.807) is 35.2 Å². The summed E-state index contributed by atoms with van der Waals surface area (Å²) in [5.41, 5.74) is 2.54. The molecule has 0 N–H and O–H groups in total. The fraction of sp³-hybridized carbons (Fsp3) is 0.368. The summed E-state index contributed by atoms with van der Waals surface area (Å²) in [5, 5.41) is 11.9. The van der Waals surface area contributed by atoms with Crippen LogP contribution in [0.15, 0.2) is 29.3 Å². The molecule has 1 aliphatic carbocycles. The third kappa shape index (κ3) is 2.72. The first-order valence-corrected chi connectivity index (χ1v) is 9.50. The quantitative estimate of drug-likeness (QED) is 0.519. The third-order valence-corrected chi connectivity index (χ3v) is 6.40. The fourth-order valence-corrected chi connectivity index (χ4v) is 5.04. The van der Waals surface area contributed by atoms with Crippen LogP contribution < -0.4 is 5.56 Å². The minimum atomic E-state index is -0.389. The number of nitrogens with zero attached hydrogens (tertiary/aromatic N) is 3. The van der Waals surface area contributed by atoms with E-state index in [0.29, 0.717) is 11.5 Å². The van der Waals surface area contributed by atoms with Crippen molar-refractivity contribution in [3.63, 3.8) is 0 Å². The SMILES string of the molecule is Cc1c(Cn2cnc3sc4c(c3c2=O)CC[C@H](C)C4)cccc1[N+](=O)[O-]. The lowest BCUT2D eigenvalue weighted by Crippen LogP contribution is -2.22. The van der Waals surface area contributed by atoms with Gasteiger partial charge in [-0.25, -0.2) is 4.98 Å². The third-order valence-electron chi connectivity index (χ3n) is 5.24. The predicted molar refractivity (Wildman–Crippen MR) is 102 cm³/mol. The number of hydrogen-bond acceptors (Lipinski definition) is 5. The van der Waals surface area contributed by atoms with Crippen molar-refractivity contribution < 1.29 is 4.92 Å². The molecule has 1 atom stereocenters. The number of nitro groups is 1. The van der Waals surface area contributed by atoms with Crippen LogP contribution in [0.4, 0.5) is 5.69 Å². The van der Waals surface area contributed by atoms with E-state index in [1.165, 1.54) is 10.9 Å². The van der Waals surface area contributed by atoms with Crippen molar-refractivity contribution in [3.05, 3.63) is 66.6 Å². The number of rotatable bonds is 3. The number of hydrogen-bond donors (Lipinski definition) is 0. The summed E-state index contributed by atoms with van der Waals surface area (Å²) in [6.07, 6.45) is 4.60. The van der Waals surface area contributed by atoms with Crippen molar-refractivity contribution in [2.45, 2.75) is 39.7 Å². The Morgan fingerprint density at radius 3 is 3.00 bits per heavy atom. The van der Waals surface area contributed by atoms with Crippen LogP contribution in [-0.2, 0) is 19.4 Å². The summed E-state index contributed by atoms with van der Waals surface area (Å²) in [6.45, 7) is 4.25. The molecule has 0 bridgehead atoms. The van der Waals surface area contributed by atoms with Crippen LogP contribution in [0.5, 0.6) is 0 Å². The largest absolute Gasteiger partial charge is 0.294 e. The van der Waals surface area contributed by atoms with E-state index in [-0.39, 0.29) is 22.7 Å². The Morgan fingerprint density at radius 2 is 2.23 bits per heavy atom. The summed E-state index contributed by atoms with van der Waals surface area (Å²) in [4.78, 5) is 30.4. The van der Waals surface area contributed by atoms with Gasteiger partial charge in [0.2, 0.25) is 0 Å². The highest BCUT2D eigenvalue weighted by atomic mass is 32.1. The molecule has 0 aliphatic heterocycles. The lowest BCUT2D eigenvalue weighted by Gasteiger charge is -2.17. The Kier molecular flexibility index (Phi) is 4.11. The summed E-state index contributed by atoms with van der Waals surface area (Å²) in [6, 6.07) is 4.97. The second kappa shape index (κ2) is 6.32. The molecule has 0 unspecified atom stereocenters. The van der Waals surface area contributed by atoms with Crippen molar-refractivity contribution >= 4 is 27.2 Å². The van der Waals surface area contributed by atoms with Crippen LogP contribution in [0.3, 0.4) is 0 Å². The van der Waals surface area contributed by atoms with Crippen LogP contribution in [-0.4, -0.2) is 14.5 Å². The summed E-state index contributed by atoms with van der Waals surface area (Å²) in [7, 11) is 0. The second-order valence-corrected chi connectivity index (χ2v) is 8.11. The number of benzene rings is 1. The Balaban J connectivity index is 1.79. The molecule has 0 radical (unpaired) electrons. The van der Waals surface area contributed by atoms with Crippen molar-refractivity contribution in [2.75, 3.05) is 0 Å². The molecule has 4 rings (SSSR count). The van der Waals surface area contributed by atoms with Gasteiger partial charge in [0, 0.05) is 16.5 Å². The zero-order chi connectivity index (χ0) is 18.4. The molecule has 3 aromatic rings. The van der Waals surface area contributed by atoms with Crippen molar-refractivity contribution in [1.82, 2.24) is 9.55 Å². The monoisotopic (exact) mass is 369 g/mol. The van der Waals surface area contributed by atoms with Gasteiger partial charge in [0.05, 0.1) is 23.2 Å². The van der Waals surface area contributed by atoms with E-state index >= 15 is 0 Å². The number of aromatic nitrogens is 2. The normalized spacial score (nSPS) is 16.6. The smallest absolute Gasteiger partial charge is 0.272 e. The van der Waals surface area contributed by atoms with E-state index in [4.69, 9.17) is 0 Å². The van der Waals surface area contributed by atoms with E-state index in [2.05, 4.69) is 11.9 Å². The van der Waals surface area contributed by atoms with Gasteiger partial charge < -0.3 is 0 Å². The lowest BCUT2D eigenvalue weighted by atomic mass is 9.89. The van der Waals surface area contributed by atoms with Gasteiger partial charge in [-0.15, -0.1) is 11.3 Å². The van der Waals surface area contributed by atoms with Crippen LogP contribution in [0.1, 0.15) is 34.9 Å². The van der Waals surface area contributed by atoms with Crippen LogP contribution in [0.2, 0.25) is 0 Å². The predicted octanol–water partition coefficient (Wildman–Crippen LogP) is 3.85. The first-order chi connectivity index (χ1) is 12.5. The highest BCUT2D eigenvalue weighted by Crippen LogP contribution is 2.35. The zero-order valence-electron chi connectivity index (χ0n) is 14.7. The van der Waals surface area contributed by atoms with Crippen molar-refractivity contribution in [2.24, 2.45) is 5.92 Å². The molecule has 2 aromatic heterocycles. The van der Waals surface area contributed by atoms with E-state index in [9.17, 15) is 14.9 Å². The Bertz CT molecular complexity index is 1080. The number of thiophene rings is 1. The van der Waals surface area contributed by atoms with Gasteiger partial charge in [-0.05, 0) is 43.2 Å². The molecule has 0 fully saturated rings. The molecule has 1 aliphatic rings. The van der Waals surface area contributed by atoms with Crippen LogP contribution in [0, 0.1) is 23.0 Å². The fourth-order valence-electron chi connectivity index (χ4n) is 3.70. The van der Waals surface area contributed by atoms with Gasteiger partial charge in [-0.1, -0.05) is 19.1 Å². The Morgan fingerprint density at radius 1 is 1.42 bits per heavy atom. The first kappa shape index (κ1) is 16.9. The molecular weight excluding hydrogens is 350 g/mol. The lowest BCUT2D eigenvalue weighted by molar-refractivity contribution is -0.385. The molecular formula is C19H19N3O3S. The highest BCUT2D eigenvalue weighted by molar-refractivity contribution is 7.18. The maximum atomic E-state index is 13.1. The van der Waals surface area contributed by atoms with E-state index < -0.39 is 0 Å². The molecule has 0 spiro atoms.